The fourth-order valence-corrected chi connectivity index (χ4v) is 0.440. The number of hydrogen-bond donors (Lipinski definition) is 0. The van der Waals surface area contributed by atoms with Crippen molar-refractivity contribution in [1.82, 2.24) is 4.90 Å². The van der Waals surface area contributed by atoms with Gasteiger partial charge in [-0.05, 0) is 34.0 Å². The van der Waals surface area contributed by atoms with Crippen LogP contribution < -0.4 is 0 Å². The molecule has 0 aromatic rings. The average Bonchev–Trinajstić information content (AvgIpc) is 1.90. The molecule has 0 spiro atoms. The number of rotatable bonds is 0. The van der Waals surface area contributed by atoms with Crippen molar-refractivity contribution in [2.45, 2.75) is 12.8 Å². The summed E-state index contributed by atoms with van der Waals surface area (Å²) in [6.45, 7) is 1.56. The number of nitrogens with zero attached hydrogens (tertiary/aromatic N) is 1. The average molecular weight is 147 g/mol. The van der Waals surface area contributed by atoms with E-state index in [9.17, 15) is 0 Å². The maximum atomic E-state index is 4.57. The zero-order valence-corrected chi connectivity index (χ0v) is 7.09. The molecular formula is C7H17NO2. The van der Waals surface area contributed by atoms with Gasteiger partial charge in [-0.25, -0.2) is 9.78 Å². The van der Waals surface area contributed by atoms with Crippen molar-refractivity contribution in [2.75, 3.05) is 34.4 Å². The lowest BCUT2D eigenvalue weighted by molar-refractivity contribution is -0.312. The smallest absolute Gasteiger partial charge is 0.0823 e. The van der Waals surface area contributed by atoms with Gasteiger partial charge in [-0.3, -0.25) is 0 Å². The molecule has 1 fully saturated rings. The first-order chi connectivity index (χ1) is 4.73. The van der Waals surface area contributed by atoms with E-state index in [4.69, 9.17) is 0 Å². The highest BCUT2D eigenvalue weighted by atomic mass is 17.2. The monoisotopic (exact) mass is 147 g/mol. The van der Waals surface area contributed by atoms with Gasteiger partial charge in [0.05, 0.1) is 13.2 Å². The van der Waals surface area contributed by atoms with Crippen LogP contribution in [0.3, 0.4) is 0 Å². The van der Waals surface area contributed by atoms with Crippen molar-refractivity contribution in [3.8, 4) is 0 Å². The SMILES string of the molecule is C1CCOOC1.CN(C)C. The van der Waals surface area contributed by atoms with Crippen molar-refractivity contribution >= 4 is 0 Å². The van der Waals surface area contributed by atoms with Gasteiger partial charge >= 0.3 is 0 Å². The van der Waals surface area contributed by atoms with Gasteiger partial charge in [0.2, 0.25) is 0 Å². The molecule has 10 heavy (non-hydrogen) atoms. The molecule has 1 aliphatic heterocycles. The van der Waals surface area contributed by atoms with E-state index < -0.39 is 0 Å². The van der Waals surface area contributed by atoms with Crippen LogP contribution in [0.4, 0.5) is 0 Å². The van der Waals surface area contributed by atoms with Crippen molar-refractivity contribution in [3.63, 3.8) is 0 Å². The Kier molecular flexibility index (Phi) is 6.91. The second-order valence-corrected chi connectivity index (χ2v) is 2.69. The fraction of sp³-hybridized carbons (Fsp3) is 1.00. The number of hydrogen-bond acceptors (Lipinski definition) is 3. The molecule has 0 atom stereocenters. The van der Waals surface area contributed by atoms with E-state index in [2.05, 4.69) is 9.78 Å². The highest BCUT2D eigenvalue weighted by Crippen LogP contribution is 1.97. The molecule has 0 aromatic carbocycles. The molecular weight excluding hydrogens is 130 g/mol. The molecule has 1 saturated heterocycles. The minimum absolute atomic E-state index is 0.778. The maximum absolute atomic E-state index is 4.57. The summed E-state index contributed by atoms with van der Waals surface area (Å²) in [4.78, 5) is 11.1. The van der Waals surface area contributed by atoms with Crippen LogP contribution in [0.15, 0.2) is 0 Å². The van der Waals surface area contributed by atoms with Crippen LogP contribution >= 0.6 is 0 Å². The molecule has 0 aliphatic carbocycles. The third-order valence-electron chi connectivity index (χ3n) is 0.789. The zero-order valence-electron chi connectivity index (χ0n) is 7.09. The van der Waals surface area contributed by atoms with Crippen molar-refractivity contribution in [2.24, 2.45) is 0 Å². The van der Waals surface area contributed by atoms with Crippen molar-refractivity contribution in [3.05, 3.63) is 0 Å². The van der Waals surface area contributed by atoms with E-state index in [1.54, 1.807) is 0 Å². The standard InChI is InChI=1S/C4H8O2.C3H9N/c1-2-4-6-5-3-1;1-4(2)3/h1-4H2;1-3H3. The highest BCUT2D eigenvalue weighted by molar-refractivity contribution is 4.36. The Labute approximate surface area is 62.8 Å². The van der Waals surface area contributed by atoms with Gasteiger partial charge in [0, 0.05) is 0 Å². The third-order valence-corrected chi connectivity index (χ3v) is 0.789. The molecule has 0 saturated carbocycles. The Bertz CT molecular complexity index is 48.4. The summed E-state index contributed by atoms with van der Waals surface area (Å²) in [6, 6.07) is 0. The zero-order chi connectivity index (χ0) is 7.82. The summed E-state index contributed by atoms with van der Waals surface area (Å²) in [5.74, 6) is 0. The van der Waals surface area contributed by atoms with E-state index in [1.165, 1.54) is 0 Å². The molecule has 0 amide bonds. The normalized spacial score (nSPS) is 18.0. The van der Waals surface area contributed by atoms with Crippen LogP contribution in [-0.2, 0) is 9.78 Å². The Morgan fingerprint density at radius 2 is 1.20 bits per heavy atom. The minimum atomic E-state index is 0.778. The Balaban J connectivity index is 0.000000180. The first-order valence-corrected chi connectivity index (χ1v) is 3.59. The van der Waals surface area contributed by atoms with E-state index >= 15 is 0 Å². The van der Waals surface area contributed by atoms with Crippen LogP contribution in [0.1, 0.15) is 12.8 Å². The first kappa shape index (κ1) is 9.88. The lowest BCUT2D eigenvalue weighted by atomic mass is 10.3. The van der Waals surface area contributed by atoms with Gasteiger partial charge < -0.3 is 4.90 Å². The van der Waals surface area contributed by atoms with Crippen molar-refractivity contribution < 1.29 is 9.78 Å². The molecule has 1 rings (SSSR count). The Morgan fingerprint density at radius 3 is 1.30 bits per heavy atom. The predicted octanol–water partition coefficient (Wildman–Crippen LogP) is 0.906. The van der Waals surface area contributed by atoms with E-state index in [0.29, 0.717) is 0 Å². The highest BCUT2D eigenvalue weighted by Gasteiger charge is 1.95. The molecule has 1 heterocycles. The predicted molar refractivity (Wildman–Crippen MR) is 40.7 cm³/mol. The van der Waals surface area contributed by atoms with Gasteiger partial charge in [-0.1, -0.05) is 0 Å². The lowest BCUT2D eigenvalue weighted by Crippen LogP contribution is -2.05. The topological polar surface area (TPSA) is 21.7 Å². The van der Waals surface area contributed by atoms with Crippen molar-refractivity contribution in [1.29, 1.82) is 0 Å². The van der Waals surface area contributed by atoms with Gasteiger partial charge in [-0.2, -0.15) is 0 Å². The van der Waals surface area contributed by atoms with E-state index in [-0.39, 0.29) is 0 Å². The molecule has 0 N–H and O–H groups in total. The molecule has 3 heteroatoms. The summed E-state index contributed by atoms with van der Waals surface area (Å²) in [7, 11) is 6.00. The Hall–Kier alpha value is -0.120. The summed E-state index contributed by atoms with van der Waals surface area (Å²) in [5.41, 5.74) is 0. The van der Waals surface area contributed by atoms with Crippen LogP contribution in [0.25, 0.3) is 0 Å². The van der Waals surface area contributed by atoms with E-state index in [1.807, 2.05) is 26.0 Å². The first-order valence-electron chi connectivity index (χ1n) is 3.59. The largest absolute Gasteiger partial charge is 0.312 e. The van der Waals surface area contributed by atoms with Crippen LogP contribution in [-0.4, -0.2) is 39.3 Å². The fourth-order valence-electron chi connectivity index (χ4n) is 0.440. The lowest BCUT2D eigenvalue weighted by Gasteiger charge is -2.07. The van der Waals surface area contributed by atoms with E-state index in [0.717, 1.165) is 26.1 Å². The molecule has 62 valence electrons. The molecule has 0 radical (unpaired) electrons. The van der Waals surface area contributed by atoms with Crippen LogP contribution in [0.2, 0.25) is 0 Å². The minimum Gasteiger partial charge on any atom is -0.312 e. The molecule has 3 nitrogen and oxygen atoms in total. The van der Waals surface area contributed by atoms with Gasteiger partial charge in [0.25, 0.3) is 0 Å². The Morgan fingerprint density at radius 1 is 0.900 bits per heavy atom. The molecule has 0 aromatic heterocycles. The quantitative estimate of drug-likeness (QED) is 0.475. The van der Waals surface area contributed by atoms with Gasteiger partial charge in [-0.15, -0.1) is 0 Å². The summed E-state index contributed by atoms with van der Waals surface area (Å²) < 4.78 is 0. The molecule has 0 bridgehead atoms. The van der Waals surface area contributed by atoms with Crippen LogP contribution in [0.5, 0.6) is 0 Å². The maximum Gasteiger partial charge on any atom is 0.0823 e. The van der Waals surface area contributed by atoms with Crippen LogP contribution in [0, 0.1) is 0 Å². The second-order valence-electron chi connectivity index (χ2n) is 2.69. The molecule has 1 aliphatic rings. The third kappa shape index (κ3) is 10.8. The molecule has 0 unspecified atom stereocenters. The summed E-state index contributed by atoms with van der Waals surface area (Å²) in [6.07, 6.45) is 2.31. The summed E-state index contributed by atoms with van der Waals surface area (Å²) in [5, 5.41) is 0. The van der Waals surface area contributed by atoms with Gasteiger partial charge in [0.15, 0.2) is 0 Å². The van der Waals surface area contributed by atoms with Gasteiger partial charge in [0.1, 0.15) is 0 Å². The summed E-state index contributed by atoms with van der Waals surface area (Å²) >= 11 is 0. The second kappa shape index (κ2) is 6.99.